The van der Waals surface area contributed by atoms with Gasteiger partial charge in [0.05, 0.1) is 12.3 Å². The number of hydrogen-bond donors (Lipinski definition) is 2. The molecule has 8 saturated carbocycles. The third-order valence-corrected chi connectivity index (χ3v) is 13.8. The average molecular weight is 618 g/mol. The number of hydrogen-bond acceptors (Lipinski definition) is 4. The lowest BCUT2D eigenvalue weighted by Gasteiger charge is -2.57. The molecule has 46 heavy (non-hydrogen) atoms. The summed E-state index contributed by atoms with van der Waals surface area (Å²) >= 11 is 0. The number of benzene rings is 3. The molecule has 0 amide bonds. The first kappa shape index (κ1) is 29.2. The second-order valence-electron chi connectivity index (χ2n) is 16.9. The molecule has 0 aromatic heterocycles. The summed E-state index contributed by atoms with van der Waals surface area (Å²) in [4.78, 5) is 2.27. The Kier molecular flexibility index (Phi) is 6.83. The molecule has 8 bridgehead atoms. The lowest BCUT2D eigenvalue weighted by molar-refractivity contribution is -0.00626. The zero-order chi connectivity index (χ0) is 31.2. The molecule has 11 rings (SSSR count). The van der Waals surface area contributed by atoms with E-state index in [4.69, 9.17) is 4.74 Å². The number of phenols is 2. The molecular weight excluding hydrogens is 566 g/mol. The quantitative estimate of drug-likeness (QED) is 0.264. The molecule has 8 aliphatic carbocycles. The van der Waals surface area contributed by atoms with E-state index in [1.54, 1.807) is 7.11 Å². The Balaban J connectivity index is 1.14. The minimum absolute atomic E-state index is 0.0938. The van der Waals surface area contributed by atoms with Crippen molar-refractivity contribution in [3.05, 3.63) is 71.3 Å². The summed E-state index contributed by atoms with van der Waals surface area (Å²) in [6, 6.07) is 19.4. The molecule has 0 radical (unpaired) electrons. The van der Waals surface area contributed by atoms with Gasteiger partial charge in [-0.1, -0.05) is 42.5 Å². The van der Waals surface area contributed by atoms with Crippen LogP contribution in [0.1, 0.15) is 93.7 Å². The van der Waals surface area contributed by atoms with E-state index in [0.717, 1.165) is 58.0 Å². The highest BCUT2D eigenvalue weighted by Gasteiger charge is 2.54. The SMILES string of the molecule is COCCN(c1ccccc1-c1cccc(C23CC4CC(CC(C4)C2)C3)c1O)c1cc(C)cc(C23CC4CC(CC(C4)C2)C3)c1O. The number of anilines is 2. The van der Waals surface area contributed by atoms with Crippen LogP contribution < -0.4 is 4.90 Å². The van der Waals surface area contributed by atoms with Crippen LogP contribution in [0.3, 0.4) is 0 Å². The summed E-state index contributed by atoms with van der Waals surface area (Å²) < 4.78 is 5.67. The molecule has 0 atom stereocenters. The Labute approximate surface area is 275 Å². The molecule has 4 heteroatoms. The Morgan fingerprint density at radius 3 is 1.72 bits per heavy atom. The largest absolute Gasteiger partial charge is 0.507 e. The maximum atomic E-state index is 12.3. The van der Waals surface area contributed by atoms with Gasteiger partial charge in [0.1, 0.15) is 11.5 Å². The molecule has 3 aromatic rings. The molecule has 0 spiro atoms. The van der Waals surface area contributed by atoms with Crippen LogP contribution in [0.25, 0.3) is 11.1 Å². The summed E-state index contributed by atoms with van der Waals surface area (Å²) in [6.07, 6.45) is 15.7. The lowest BCUT2D eigenvalue weighted by Crippen LogP contribution is -2.48. The number of aromatic hydroxyl groups is 2. The minimum atomic E-state index is 0.0938. The smallest absolute Gasteiger partial charge is 0.142 e. The van der Waals surface area contributed by atoms with Gasteiger partial charge in [-0.15, -0.1) is 0 Å². The van der Waals surface area contributed by atoms with E-state index in [1.165, 1.54) is 93.7 Å². The van der Waals surface area contributed by atoms with Crippen LogP contribution >= 0.6 is 0 Å². The molecule has 0 unspecified atom stereocenters. The molecule has 2 N–H and O–H groups in total. The van der Waals surface area contributed by atoms with Crippen LogP contribution in [0.4, 0.5) is 11.4 Å². The van der Waals surface area contributed by atoms with Crippen molar-refractivity contribution < 1.29 is 14.9 Å². The number of rotatable bonds is 8. The summed E-state index contributed by atoms with van der Waals surface area (Å²) in [5.74, 6) is 5.80. The molecule has 0 aliphatic heterocycles. The summed E-state index contributed by atoms with van der Waals surface area (Å²) in [5.41, 5.74) is 7.54. The first-order valence-electron chi connectivity index (χ1n) is 18.4. The topological polar surface area (TPSA) is 52.9 Å². The van der Waals surface area contributed by atoms with Crippen LogP contribution in [-0.4, -0.2) is 30.5 Å². The number of phenolic OH excluding ortho intramolecular Hbond substituents is 2. The van der Waals surface area contributed by atoms with Gasteiger partial charge in [0.2, 0.25) is 0 Å². The monoisotopic (exact) mass is 617 g/mol. The molecule has 0 heterocycles. The Hall–Kier alpha value is -2.98. The van der Waals surface area contributed by atoms with Crippen molar-refractivity contribution >= 4 is 11.4 Å². The molecule has 242 valence electrons. The van der Waals surface area contributed by atoms with Gasteiger partial charge in [0.15, 0.2) is 0 Å². The third kappa shape index (κ3) is 4.56. The second kappa shape index (κ2) is 10.8. The number of aryl methyl sites for hydroxylation is 1. The third-order valence-electron chi connectivity index (χ3n) is 13.8. The van der Waals surface area contributed by atoms with E-state index in [0.29, 0.717) is 24.7 Å². The Morgan fingerprint density at radius 1 is 0.630 bits per heavy atom. The van der Waals surface area contributed by atoms with E-state index in [1.807, 2.05) is 0 Å². The van der Waals surface area contributed by atoms with Crippen LogP contribution in [0.5, 0.6) is 11.5 Å². The van der Waals surface area contributed by atoms with Crippen LogP contribution in [0.15, 0.2) is 54.6 Å². The number of ether oxygens (including phenoxy) is 1. The second-order valence-corrected chi connectivity index (χ2v) is 16.9. The molecule has 4 nitrogen and oxygen atoms in total. The Bertz CT molecular complexity index is 1590. The fraction of sp³-hybridized carbons (Fsp3) is 0.571. The van der Waals surface area contributed by atoms with E-state index in [9.17, 15) is 10.2 Å². The van der Waals surface area contributed by atoms with Gasteiger partial charge < -0.3 is 19.8 Å². The standard InChI is InChI=1S/C42H51NO3/c1-26-12-36(42-23-30-17-31(24-42)19-32(18-30)25-42)40(45)38(13-26)43(10-11-46-2)37-9-4-3-6-33(37)34-7-5-8-35(39(34)44)41-20-27-14-28(21-41)16-29(15-27)22-41/h3-9,12-13,27-32,44-45H,10-11,14-25H2,1-2H3. The van der Waals surface area contributed by atoms with Crippen molar-refractivity contribution in [2.24, 2.45) is 35.5 Å². The van der Waals surface area contributed by atoms with Gasteiger partial charge in [-0.3, -0.25) is 0 Å². The average Bonchev–Trinajstić information content (AvgIpc) is 3.01. The van der Waals surface area contributed by atoms with E-state index in [-0.39, 0.29) is 10.8 Å². The van der Waals surface area contributed by atoms with Gasteiger partial charge in [-0.2, -0.15) is 0 Å². The summed E-state index contributed by atoms with van der Waals surface area (Å²) in [6.45, 7) is 3.34. The predicted molar refractivity (Wildman–Crippen MR) is 185 cm³/mol. The van der Waals surface area contributed by atoms with Crippen molar-refractivity contribution in [3.8, 4) is 22.6 Å². The van der Waals surface area contributed by atoms with E-state index in [2.05, 4.69) is 66.4 Å². The van der Waals surface area contributed by atoms with Crippen LogP contribution in [-0.2, 0) is 15.6 Å². The van der Waals surface area contributed by atoms with E-state index >= 15 is 0 Å². The van der Waals surface area contributed by atoms with Crippen molar-refractivity contribution in [2.45, 2.75) is 94.8 Å². The lowest BCUT2D eigenvalue weighted by atomic mass is 9.48. The van der Waals surface area contributed by atoms with Crippen molar-refractivity contribution in [1.29, 1.82) is 0 Å². The summed E-state index contributed by atoms with van der Waals surface area (Å²) in [7, 11) is 1.75. The molecule has 8 aliphatic rings. The highest BCUT2D eigenvalue weighted by Crippen LogP contribution is 2.64. The van der Waals surface area contributed by atoms with Gasteiger partial charge in [-0.05, 0) is 148 Å². The number of methoxy groups -OCH3 is 1. The summed E-state index contributed by atoms with van der Waals surface area (Å²) in [5, 5.41) is 24.5. The normalized spacial score (nSPS) is 35.2. The first-order chi connectivity index (χ1) is 22.3. The van der Waals surface area contributed by atoms with E-state index < -0.39 is 0 Å². The predicted octanol–water partition coefficient (Wildman–Crippen LogP) is 9.79. The molecule has 8 fully saturated rings. The van der Waals surface area contributed by atoms with Gasteiger partial charge in [-0.25, -0.2) is 0 Å². The zero-order valence-electron chi connectivity index (χ0n) is 27.8. The fourth-order valence-electron chi connectivity index (χ4n) is 12.9. The highest BCUT2D eigenvalue weighted by atomic mass is 16.5. The van der Waals surface area contributed by atoms with Crippen molar-refractivity contribution in [3.63, 3.8) is 0 Å². The highest BCUT2D eigenvalue weighted by molar-refractivity contribution is 5.87. The van der Waals surface area contributed by atoms with Gasteiger partial charge in [0, 0.05) is 41.6 Å². The first-order valence-corrected chi connectivity index (χ1v) is 18.4. The van der Waals surface area contributed by atoms with Gasteiger partial charge in [0.25, 0.3) is 0 Å². The Morgan fingerprint density at radius 2 is 1.15 bits per heavy atom. The maximum Gasteiger partial charge on any atom is 0.142 e. The van der Waals surface area contributed by atoms with Gasteiger partial charge >= 0.3 is 0 Å². The number of nitrogens with zero attached hydrogens (tertiary/aromatic N) is 1. The molecule has 3 aromatic carbocycles. The zero-order valence-corrected chi connectivity index (χ0v) is 27.8. The fourth-order valence-corrected chi connectivity index (χ4v) is 12.9. The minimum Gasteiger partial charge on any atom is -0.507 e. The molecule has 0 saturated heterocycles. The van der Waals surface area contributed by atoms with Crippen LogP contribution in [0.2, 0.25) is 0 Å². The number of para-hydroxylation sites is 2. The molecular formula is C42H51NO3. The van der Waals surface area contributed by atoms with Crippen molar-refractivity contribution in [1.82, 2.24) is 0 Å². The van der Waals surface area contributed by atoms with Crippen LogP contribution in [0, 0.1) is 42.4 Å². The maximum absolute atomic E-state index is 12.3. The van der Waals surface area contributed by atoms with Crippen molar-refractivity contribution in [2.75, 3.05) is 25.2 Å².